The molecular formula is C16H15F5O2. The molecule has 0 aliphatic heterocycles. The maximum absolute atomic E-state index is 13.6. The number of carbonyl (C=O) groups excluding carboxylic acids is 1. The highest BCUT2D eigenvalue weighted by atomic mass is 19.2. The minimum absolute atomic E-state index is 0.0374. The maximum atomic E-state index is 13.6. The first-order chi connectivity index (χ1) is 10.7. The van der Waals surface area contributed by atoms with Crippen molar-refractivity contribution in [3.63, 3.8) is 0 Å². The molecule has 0 N–H and O–H groups in total. The van der Waals surface area contributed by atoms with Crippen LogP contribution < -0.4 is 0 Å². The zero-order valence-electron chi connectivity index (χ0n) is 12.8. The van der Waals surface area contributed by atoms with Gasteiger partial charge in [0.1, 0.15) is 5.56 Å². The quantitative estimate of drug-likeness (QED) is 0.269. The lowest BCUT2D eigenvalue weighted by Gasteiger charge is -2.15. The Morgan fingerprint density at radius 1 is 1.00 bits per heavy atom. The van der Waals surface area contributed by atoms with Gasteiger partial charge in [-0.3, -0.25) is 0 Å². The highest BCUT2D eigenvalue weighted by molar-refractivity contribution is 5.90. The Labute approximate surface area is 130 Å². The van der Waals surface area contributed by atoms with E-state index in [0.717, 1.165) is 0 Å². The van der Waals surface area contributed by atoms with Crippen LogP contribution in [0, 0.1) is 46.8 Å². The SMILES string of the molecule is CCC#CC(CC(C)C)OC(=O)c1c(F)c(F)c(F)c(F)c1F. The van der Waals surface area contributed by atoms with Gasteiger partial charge in [0.15, 0.2) is 29.4 Å². The molecule has 0 spiro atoms. The summed E-state index contributed by atoms with van der Waals surface area (Å²) in [7, 11) is 0. The van der Waals surface area contributed by atoms with E-state index >= 15 is 0 Å². The first-order valence-electron chi connectivity index (χ1n) is 6.91. The zero-order chi connectivity index (χ0) is 17.7. The Hall–Kier alpha value is -2.10. The van der Waals surface area contributed by atoms with Crippen molar-refractivity contribution in [2.24, 2.45) is 5.92 Å². The molecule has 2 nitrogen and oxygen atoms in total. The number of carbonyl (C=O) groups is 1. The average molecular weight is 334 g/mol. The van der Waals surface area contributed by atoms with Gasteiger partial charge >= 0.3 is 5.97 Å². The number of ether oxygens (including phenoxy) is 1. The molecule has 1 aromatic rings. The summed E-state index contributed by atoms with van der Waals surface area (Å²) in [5.41, 5.74) is -1.62. The third kappa shape index (κ3) is 4.44. The predicted octanol–water partition coefficient (Wildman–Crippen LogP) is 4.37. The summed E-state index contributed by atoms with van der Waals surface area (Å²) in [6.45, 7) is 5.34. The van der Waals surface area contributed by atoms with Crippen LogP contribution in [0.2, 0.25) is 0 Å². The van der Waals surface area contributed by atoms with Gasteiger partial charge in [-0.1, -0.05) is 32.6 Å². The molecule has 0 saturated carbocycles. The zero-order valence-corrected chi connectivity index (χ0v) is 12.8. The summed E-state index contributed by atoms with van der Waals surface area (Å²) in [6, 6.07) is 0. The van der Waals surface area contributed by atoms with E-state index in [1.54, 1.807) is 20.8 Å². The summed E-state index contributed by atoms with van der Waals surface area (Å²) in [6.07, 6.45) is -0.291. The van der Waals surface area contributed by atoms with Crippen LogP contribution in [0.3, 0.4) is 0 Å². The van der Waals surface area contributed by atoms with Crippen LogP contribution in [0.4, 0.5) is 22.0 Å². The third-order valence-corrected chi connectivity index (χ3v) is 2.79. The molecule has 0 saturated heterocycles. The van der Waals surface area contributed by atoms with E-state index in [0.29, 0.717) is 6.42 Å². The predicted molar refractivity (Wildman–Crippen MR) is 73.0 cm³/mol. The summed E-state index contributed by atoms with van der Waals surface area (Å²) in [5.74, 6) is -7.55. The molecule has 0 aliphatic carbocycles. The number of hydrogen-bond donors (Lipinski definition) is 0. The van der Waals surface area contributed by atoms with E-state index < -0.39 is 46.7 Å². The lowest BCUT2D eigenvalue weighted by atomic mass is 10.1. The maximum Gasteiger partial charge on any atom is 0.345 e. The highest BCUT2D eigenvalue weighted by Crippen LogP contribution is 2.24. The van der Waals surface area contributed by atoms with E-state index in [-0.39, 0.29) is 12.3 Å². The molecule has 126 valence electrons. The number of hydrogen-bond acceptors (Lipinski definition) is 2. The number of benzene rings is 1. The number of esters is 1. The Balaban J connectivity index is 3.19. The molecule has 0 aliphatic rings. The highest BCUT2D eigenvalue weighted by Gasteiger charge is 2.31. The summed E-state index contributed by atoms with van der Waals surface area (Å²) in [4.78, 5) is 11.8. The van der Waals surface area contributed by atoms with Crippen molar-refractivity contribution < 1.29 is 31.5 Å². The molecular weight excluding hydrogens is 319 g/mol. The van der Waals surface area contributed by atoms with E-state index in [2.05, 4.69) is 11.8 Å². The Morgan fingerprint density at radius 2 is 1.48 bits per heavy atom. The molecule has 0 fully saturated rings. The number of rotatable bonds is 4. The molecule has 0 bridgehead atoms. The Kier molecular flexibility index (Phi) is 6.55. The Morgan fingerprint density at radius 3 is 1.91 bits per heavy atom. The molecule has 23 heavy (non-hydrogen) atoms. The van der Waals surface area contributed by atoms with Gasteiger partial charge in [0.05, 0.1) is 0 Å². The molecule has 7 heteroatoms. The van der Waals surface area contributed by atoms with Gasteiger partial charge in [-0.2, -0.15) is 0 Å². The van der Waals surface area contributed by atoms with Crippen molar-refractivity contribution in [1.29, 1.82) is 0 Å². The Bertz CT molecular complexity index is 630. The van der Waals surface area contributed by atoms with Crippen LogP contribution in [0.5, 0.6) is 0 Å². The second-order valence-electron chi connectivity index (χ2n) is 5.14. The van der Waals surface area contributed by atoms with Crippen LogP contribution in [-0.2, 0) is 4.74 Å². The summed E-state index contributed by atoms with van der Waals surface area (Å²) >= 11 is 0. The van der Waals surface area contributed by atoms with E-state index in [1.807, 2.05) is 0 Å². The van der Waals surface area contributed by atoms with Gasteiger partial charge in [0.25, 0.3) is 0 Å². The summed E-state index contributed by atoms with van der Waals surface area (Å²) < 4.78 is 71.1. The fourth-order valence-corrected chi connectivity index (χ4v) is 1.75. The van der Waals surface area contributed by atoms with Crippen molar-refractivity contribution >= 4 is 5.97 Å². The van der Waals surface area contributed by atoms with Crippen LogP contribution >= 0.6 is 0 Å². The summed E-state index contributed by atoms with van der Waals surface area (Å²) in [5, 5.41) is 0. The topological polar surface area (TPSA) is 26.3 Å². The monoisotopic (exact) mass is 334 g/mol. The van der Waals surface area contributed by atoms with E-state index in [4.69, 9.17) is 4.74 Å². The van der Waals surface area contributed by atoms with Crippen molar-refractivity contribution in [3.8, 4) is 11.8 Å². The molecule has 0 radical (unpaired) electrons. The van der Waals surface area contributed by atoms with Gasteiger partial charge < -0.3 is 4.74 Å². The van der Waals surface area contributed by atoms with Gasteiger partial charge in [0.2, 0.25) is 5.82 Å². The molecule has 0 aromatic heterocycles. The number of halogens is 5. The van der Waals surface area contributed by atoms with Gasteiger partial charge in [-0.25, -0.2) is 26.7 Å². The second-order valence-corrected chi connectivity index (χ2v) is 5.14. The molecule has 0 amide bonds. The van der Waals surface area contributed by atoms with Gasteiger partial charge in [-0.05, 0) is 12.3 Å². The molecule has 0 heterocycles. The van der Waals surface area contributed by atoms with Crippen LogP contribution in [0.15, 0.2) is 0 Å². The standard InChI is InChI=1S/C16H15F5O2/c1-4-5-6-9(7-8(2)3)23-16(22)10-11(17)13(19)15(21)14(20)12(10)18/h8-9H,4,7H2,1-3H3. The largest absolute Gasteiger partial charge is 0.445 e. The van der Waals surface area contributed by atoms with Crippen LogP contribution in [0.1, 0.15) is 44.0 Å². The van der Waals surface area contributed by atoms with Crippen LogP contribution in [-0.4, -0.2) is 12.1 Å². The van der Waals surface area contributed by atoms with Crippen molar-refractivity contribution in [1.82, 2.24) is 0 Å². The average Bonchev–Trinajstić information content (AvgIpc) is 2.48. The lowest BCUT2D eigenvalue weighted by Crippen LogP contribution is -2.22. The van der Waals surface area contributed by atoms with Gasteiger partial charge in [0, 0.05) is 6.42 Å². The normalized spacial score (nSPS) is 11.9. The first kappa shape index (κ1) is 18.9. The third-order valence-electron chi connectivity index (χ3n) is 2.79. The fourth-order valence-electron chi connectivity index (χ4n) is 1.75. The molecule has 1 atom stereocenters. The smallest absolute Gasteiger partial charge is 0.345 e. The second kappa shape index (κ2) is 7.95. The minimum Gasteiger partial charge on any atom is -0.445 e. The van der Waals surface area contributed by atoms with Crippen molar-refractivity contribution in [2.45, 2.75) is 39.7 Å². The van der Waals surface area contributed by atoms with E-state index in [1.165, 1.54) is 0 Å². The minimum atomic E-state index is -2.33. The van der Waals surface area contributed by atoms with Gasteiger partial charge in [-0.15, -0.1) is 0 Å². The molecule has 1 unspecified atom stereocenters. The van der Waals surface area contributed by atoms with E-state index in [9.17, 15) is 26.7 Å². The fraction of sp³-hybridized carbons (Fsp3) is 0.438. The van der Waals surface area contributed by atoms with Crippen molar-refractivity contribution in [3.05, 3.63) is 34.6 Å². The molecule has 1 aromatic carbocycles. The molecule has 1 rings (SSSR count). The van der Waals surface area contributed by atoms with Crippen LogP contribution in [0.25, 0.3) is 0 Å². The van der Waals surface area contributed by atoms with Crippen molar-refractivity contribution in [2.75, 3.05) is 0 Å². The first-order valence-corrected chi connectivity index (χ1v) is 6.91. The lowest BCUT2D eigenvalue weighted by molar-refractivity contribution is 0.0363.